The van der Waals surface area contributed by atoms with Crippen LogP contribution >= 0.6 is 0 Å². The number of piperazine rings is 1. The van der Waals surface area contributed by atoms with Crippen molar-refractivity contribution in [3.05, 3.63) is 29.3 Å². The van der Waals surface area contributed by atoms with Gasteiger partial charge in [0.1, 0.15) is 5.60 Å². The molecule has 1 N–H and O–H groups in total. The van der Waals surface area contributed by atoms with Crippen molar-refractivity contribution in [2.75, 3.05) is 31.5 Å². The molecule has 2 rings (SSSR count). The van der Waals surface area contributed by atoms with E-state index in [2.05, 4.69) is 16.3 Å². The lowest BCUT2D eigenvalue weighted by atomic mass is 10.1. The van der Waals surface area contributed by atoms with Gasteiger partial charge in [-0.1, -0.05) is 6.07 Å². The minimum atomic E-state index is -0.521. The van der Waals surface area contributed by atoms with E-state index in [1.54, 1.807) is 6.92 Å². The number of nitrogens with one attached hydrogen (secondary N) is 1. The summed E-state index contributed by atoms with van der Waals surface area (Å²) in [4.78, 5) is 27.6. The zero-order valence-corrected chi connectivity index (χ0v) is 15.9. The fourth-order valence-corrected chi connectivity index (χ4v) is 2.93. The third kappa shape index (κ3) is 6.38. The van der Waals surface area contributed by atoms with Gasteiger partial charge in [-0.15, -0.1) is 0 Å². The van der Waals surface area contributed by atoms with E-state index in [0.29, 0.717) is 0 Å². The molecule has 0 spiro atoms. The molecule has 2 amide bonds. The molecule has 1 aliphatic heterocycles. The van der Waals surface area contributed by atoms with Crippen LogP contribution < -0.4 is 5.32 Å². The van der Waals surface area contributed by atoms with Crippen molar-refractivity contribution in [1.82, 2.24) is 9.80 Å². The monoisotopic (exact) mass is 347 g/mol. The maximum atomic E-state index is 12.0. The number of hydrogen-bond acceptors (Lipinski definition) is 4. The molecule has 25 heavy (non-hydrogen) atoms. The quantitative estimate of drug-likeness (QED) is 0.913. The Bertz CT molecular complexity index is 629. The van der Waals surface area contributed by atoms with Crippen molar-refractivity contribution in [2.24, 2.45) is 0 Å². The lowest BCUT2D eigenvalue weighted by Gasteiger charge is -2.34. The topological polar surface area (TPSA) is 61.9 Å². The molecule has 1 aromatic carbocycles. The SMILES string of the molecule is CC(=O)N1CCN(Cc2cc(C)cc(NC(=O)OC(C)(C)C)c2)CC1. The summed E-state index contributed by atoms with van der Waals surface area (Å²) in [5, 5.41) is 2.81. The Hall–Kier alpha value is -2.08. The van der Waals surface area contributed by atoms with Gasteiger partial charge in [0.05, 0.1) is 0 Å². The zero-order chi connectivity index (χ0) is 18.6. The second kappa shape index (κ2) is 7.87. The third-order valence-electron chi connectivity index (χ3n) is 4.01. The lowest BCUT2D eigenvalue weighted by molar-refractivity contribution is -0.130. The minimum absolute atomic E-state index is 0.138. The first-order valence-electron chi connectivity index (χ1n) is 8.71. The average molecular weight is 347 g/mol. The average Bonchev–Trinajstić information content (AvgIpc) is 2.44. The highest BCUT2D eigenvalue weighted by Gasteiger charge is 2.19. The van der Waals surface area contributed by atoms with Crippen LogP contribution in [0.3, 0.4) is 0 Å². The number of ether oxygens (including phenoxy) is 1. The van der Waals surface area contributed by atoms with Gasteiger partial charge in [-0.25, -0.2) is 4.79 Å². The number of hydrogen-bond donors (Lipinski definition) is 1. The Balaban J connectivity index is 1.97. The van der Waals surface area contributed by atoms with Gasteiger partial charge in [0.15, 0.2) is 0 Å². The predicted molar refractivity (Wildman–Crippen MR) is 98.6 cm³/mol. The van der Waals surface area contributed by atoms with E-state index in [0.717, 1.165) is 49.5 Å². The van der Waals surface area contributed by atoms with Crippen molar-refractivity contribution in [3.63, 3.8) is 0 Å². The van der Waals surface area contributed by atoms with Gasteiger partial charge in [0.25, 0.3) is 0 Å². The molecular weight excluding hydrogens is 318 g/mol. The van der Waals surface area contributed by atoms with Crippen molar-refractivity contribution in [2.45, 2.75) is 46.8 Å². The molecule has 0 saturated carbocycles. The summed E-state index contributed by atoms with van der Waals surface area (Å²) in [6.07, 6.45) is -0.445. The molecule has 1 fully saturated rings. The largest absolute Gasteiger partial charge is 0.444 e. The Labute approximate surface area is 150 Å². The maximum Gasteiger partial charge on any atom is 0.412 e. The van der Waals surface area contributed by atoms with E-state index in [4.69, 9.17) is 4.74 Å². The molecule has 0 radical (unpaired) electrons. The summed E-state index contributed by atoms with van der Waals surface area (Å²) >= 11 is 0. The fraction of sp³-hybridized carbons (Fsp3) is 0.579. The second-order valence-electron chi connectivity index (χ2n) is 7.62. The van der Waals surface area contributed by atoms with Crippen molar-refractivity contribution < 1.29 is 14.3 Å². The predicted octanol–water partition coefficient (Wildman–Crippen LogP) is 3.01. The van der Waals surface area contributed by atoms with Gasteiger partial charge < -0.3 is 9.64 Å². The van der Waals surface area contributed by atoms with Gasteiger partial charge in [-0.3, -0.25) is 15.0 Å². The molecule has 6 heteroatoms. The summed E-state index contributed by atoms with van der Waals surface area (Å²) in [5.74, 6) is 0.138. The summed E-state index contributed by atoms with van der Waals surface area (Å²) in [5.41, 5.74) is 2.45. The van der Waals surface area contributed by atoms with E-state index in [-0.39, 0.29) is 5.91 Å². The number of nitrogens with zero attached hydrogens (tertiary/aromatic N) is 2. The maximum absolute atomic E-state index is 12.0. The molecule has 0 aromatic heterocycles. The number of anilines is 1. The highest BCUT2D eigenvalue weighted by Crippen LogP contribution is 2.18. The van der Waals surface area contributed by atoms with Crippen LogP contribution in [0.5, 0.6) is 0 Å². The highest BCUT2D eigenvalue weighted by atomic mass is 16.6. The second-order valence-corrected chi connectivity index (χ2v) is 7.62. The molecule has 0 atom stereocenters. The summed E-state index contributed by atoms with van der Waals surface area (Å²) < 4.78 is 5.31. The molecule has 6 nitrogen and oxygen atoms in total. The van der Waals surface area contributed by atoms with E-state index in [9.17, 15) is 9.59 Å². The molecule has 0 aliphatic carbocycles. The molecular formula is C19H29N3O3. The smallest absolute Gasteiger partial charge is 0.412 e. The van der Waals surface area contributed by atoms with E-state index < -0.39 is 11.7 Å². The highest BCUT2D eigenvalue weighted by molar-refractivity contribution is 5.85. The first-order chi connectivity index (χ1) is 11.6. The fourth-order valence-electron chi connectivity index (χ4n) is 2.93. The molecule has 1 aliphatic rings. The molecule has 0 unspecified atom stereocenters. The lowest BCUT2D eigenvalue weighted by Crippen LogP contribution is -2.47. The Morgan fingerprint density at radius 3 is 2.32 bits per heavy atom. The summed E-state index contributed by atoms with van der Waals surface area (Å²) in [7, 11) is 0. The number of carbonyl (C=O) groups is 2. The standard InChI is InChI=1S/C19H29N3O3/c1-14-10-16(13-21-6-8-22(9-7-21)15(2)23)12-17(11-14)20-18(24)25-19(3,4)5/h10-12H,6-9,13H2,1-5H3,(H,20,24). The van der Waals surface area contributed by atoms with E-state index in [1.165, 1.54) is 0 Å². The van der Waals surface area contributed by atoms with Gasteiger partial charge >= 0.3 is 6.09 Å². The molecule has 1 aromatic rings. The molecule has 0 bridgehead atoms. The van der Waals surface area contributed by atoms with Crippen LogP contribution in [0.25, 0.3) is 0 Å². The van der Waals surface area contributed by atoms with Crippen LogP contribution in [-0.4, -0.2) is 53.6 Å². The van der Waals surface area contributed by atoms with Gasteiger partial charge in [-0.2, -0.15) is 0 Å². The molecule has 1 heterocycles. The summed E-state index contributed by atoms with van der Waals surface area (Å²) in [6, 6.07) is 6.03. The third-order valence-corrected chi connectivity index (χ3v) is 4.01. The number of aryl methyl sites for hydroxylation is 1. The van der Waals surface area contributed by atoms with E-state index >= 15 is 0 Å². The minimum Gasteiger partial charge on any atom is -0.444 e. The number of carbonyl (C=O) groups excluding carboxylic acids is 2. The van der Waals surface area contributed by atoms with Gasteiger partial charge in [0, 0.05) is 45.3 Å². The van der Waals surface area contributed by atoms with Crippen LogP contribution in [0, 0.1) is 6.92 Å². The van der Waals surface area contributed by atoms with Crippen LogP contribution in [0.15, 0.2) is 18.2 Å². The Kier molecular flexibility index (Phi) is 6.06. The van der Waals surface area contributed by atoms with Crippen molar-refractivity contribution in [1.29, 1.82) is 0 Å². The normalized spacial score (nSPS) is 15.8. The zero-order valence-electron chi connectivity index (χ0n) is 15.9. The van der Waals surface area contributed by atoms with Crippen molar-refractivity contribution >= 4 is 17.7 Å². The van der Waals surface area contributed by atoms with Gasteiger partial charge in [0.2, 0.25) is 5.91 Å². The van der Waals surface area contributed by atoms with Gasteiger partial charge in [-0.05, 0) is 51.0 Å². The van der Waals surface area contributed by atoms with Crippen LogP contribution in [0.1, 0.15) is 38.8 Å². The Morgan fingerprint density at radius 2 is 1.76 bits per heavy atom. The van der Waals surface area contributed by atoms with Crippen LogP contribution in [0.2, 0.25) is 0 Å². The number of benzene rings is 1. The first-order valence-corrected chi connectivity index (χ1v) is 8.71. The molecule has 1 saturated heterocycles. The summed E-state index contributed by atoms with van der Waals surface area (Å²) in [6.45, 7) is 13.2. The first kappa shape index (κ1) is 19.2. The number of rotatable bonds is 3. The van der Waals surface area contributed by atoms with Crippen molar-refractivity contribution in [3.8, 4) is 0 Å². The Morgan fingerprint density at radius 1 is 1.12 bits per heavy atom. The van der Waals surface area contributed by atoms with Crippen LogP contribution in [0.4, 0.5) is 10.5 Å². The van der Waals surface area contributed by atoms with Crippen LogP contribution in [-0.2, 0) is 16.1 Å². The molecule has 138 valence electrons. The number of amides is 2. The van der Waals surface area contributed by atoms with E-state index in [1.807, 2.05) is 44.7 Å².